The van der Waals surface area contributed by atoms with Crippen LogP contribution in [-0.4, -0.2) is 29.5 Å². The van der Waals surface area contributed by atoms with E-state index in [1.807, 2.05) is 0 Å². The van der Waals surface area contributed by atoms with Crippen LogP contribution in [0.25, 0.3) is 0 Å². The van der Waals surface area contributed by atoms with Crippen molar-refractivity contribution in [2.24, 2.45) is 5.14 Å². The third-order valence-electron chi connectivity index (χ3n) is 5.55. The number of hydrogen-bond acceptors (Lipinski definition) is 9. The van der Waals surface area contributed by atoms with E-state index in [2.05, 4.69) is 25.9 Å². The molecule has 0 aliphatic heterocycles. The zero-order valence-electron chi connectivity index (χ0n) is 20.8. The first-order valence-corrected chi connectivity index (χ1v) is 14.4. The van der Waals surface area contributed by atoms with Crippen molar-refractivity contribution in [3.05, 3.63) is 89.3 Å². The maximum atomic E-state index is 14.4. The van der Waals surface area contributed by atoms with Crippen LogP contribution in [0, 0.1) is 5.82 Å². The van der Waals surface area contributed by atoms with Crippen LogP contribution in [0.2, 0.25) is 5.02 Å². The van der Waals surface area contributed by atoms with Crippen molar-refractivity contribution >= 4 is 68.1 Å². The zero-order chi connectivity index (χ0) is 28.2. The highest BCUT2D eigenvalue weighted by Crippen LogP contribution is 2.31. The third-order valence-corrected chi connectivity index (χ3v) is 8.62. The summed E-state index contributed by atoms with van der Waals surface area (Å²) in [6.07, 6.45) is 1.24. The fourth-order valence-corrected chi connectivity index (χ4v) is 5.15. The van der Waals surface area contributed by atoms with Crippen LogP contribution in [0.5, 0.6) is 0 Å². The molecule has 0 saturated carbocycles. The molecule has 1 aromatic heterocycles. The SMILES string of the molecule is CC(C)S(=O)(=O)c1ccccc1Nc1nc(Nc2ccc(SN)cc2)ncc1C(=O)Nc1c(F)cccc1Cl. The third kappa shape index (κ3) is 6.48. The van der Waals surface area contributed by atoms with Crippen LogP contribution in [0.15, 0.2) is 82.7 Å². The smallest absolute Gasteiger partial charge is 0.261 e. The predicted molar refractivity (Wildman–Crippen MR) is 153 cm³/mol. The van der Waals surface area contributed by atoms with Crippen LogP contribution in [0.3, 0.4) is 0 Å². The summed E-state index contributed by atoms with van der Waals surface area (Å²) in [5.41, 5.74) is 0.569. The van der Waals surface area contributed by atoms with E-state index < -0.39 is 26.8 Å². The fourth-order valence-electron chi connectivity index (χ4n) is 3.45. The highest BCUT2D eigenvalue weighted by Gasteiger charge is 2.24. The fraction of sp³-hybridized carbons (Fsp3) is 0.115. The molecule has 0 fully saturated rings. The zero-order valence-corrected chi connectivity index (χ0v) is 23.2. The highest BCUT2D eigenvalue weighted by molar-refractivity contribution is 7.97. The quantitative estimate of drug-likeness (QED) is 0.170. The molecule has 0 saturated heterocycles. The number of sulfone groups is 1. The summed E-state index contributed by atoms with van der Waals surface area (Å²) in [4.78, 5) is 22.8. The molecule has 0 unspecified atom stereocenters. The Morgan fingerprint density at radius 1 is 1.03 bits per heavy atom. The molecule has 4 aromatic rings. The molecule has 4 rings (SSSR count). The van der Waals surface area contributed by atoms with E-state index in [0.29, 0.717) is 5.69 Å². The van der Waals surface area contributed by atoms with Gasteiger partial charge in [-0.1, -0.05) is 29.8 Å². The summed E-state index contributed by atoms with van der Waals surface area (Å²) < 4.78 is 40.4. The molecule has 3 aromatic carbocycles. The number of aromatic nitrogens is 2. The van der Waals surface area contributed by atoms with Gasteiger partial charge in [-0.2, -0.15) is 4.98 Å². The number of halogens is 2. The first-order chi connectivity index (χ1) is 18.6. The van der Waals surface area contributed by atoms with Crippen molar-refractivity contribution in [1.29, 1.82) is 0 Å². The Labute approximate surface area is 234 Å². The molecule has 0 radical (unpaired) electrons. The minimum atomic E-state index is -3.69. The molecule has 39 heavy (non-hydrogen) atoms. The molecule has 9 nitrogen and oxygen atoms in total. The standard InChI is InChI=1S/C26H24ClFN6O3S2/c1-15(2)39(36,37)22-9-4-3-8-21(22)32-24-18(25(35)33-23-19(27)6-5-7-20(23)28)14-30-26(34-24)31-16-10-12-17(38-29)13-11-16/h3-15H,29H2,1-2H3,(H,33,35)(H2,30,31,32,34). The van der Waals surface area contributed by atoms with Gasteiger partial charge < -0.3 is 16.0 Å². The lowest BCUT2D eigenvalue weighted by Gasteiger charge is -2.17. The summed E-state index contributed by atoms with van der Waals surface area (Å²) in [6.45, 7) is 3.15. The van der Waals surface area contributed by atoms with Crippen molar-refractivity contribution < 1.29 is 17.6 Å². The van der Waals surface area contributed by atoms with Crippen molar-refractivity contribution in [2.45, 2.75) is 28.9 Å². The van der Waals surface area contributed by atoms with E-state index >= 15 is 0 Å². The average Bonchev–Trinajstić information content (AvgIpc) is 2.91. The summed E-state index contributed by atoms with van der Waals surface area (Å²) in [5, 5.41) is 13.3. The number of nitrogens with two attached hydrogens (primary N) is 1. The Kier molecular flexibility index (Phi) is 8.70. The molecule has 0 aliphatic carbocycles. The normalized spacial score (nSPS) is 11.3. The van der Waals surface area contributed by atoms with E-state index in [0.717, 1.165) is 22.9 Å². The van der Waals surface area contributed by atoms with Crippen molar-refractivity contribution in [2.75, 3.05) is 16.0 Å². The molecule has 0 aliphatic rings. The molecule has 0 bridgehead atoms. The molecule has 1 amide bonds. The Hall–Kier alpha value is -3.71. The molecule has 0 atom stereocenters. The minimum absolute atomic E-state index is 0.00419. The summed E-state index contributed by atoms with van der Waals surface area (Å²) >= 11 is 7.18. The van der Waals surface area contributed by atoms with E-state index in [1.165, 1.54) is 24.4 Å². The first-order valence-electron chi connectivity index (χ1n) is 11.6. The second-order valence-corrected chi connectivity index (χ2v) is 12.1. The van der Waals surface area contributed by atoms with E-state index in [-0.39, 0.29) is 38.6 Å². The van der Waals surface area contributed by atoms with Crippen LogP contribution in [0.1, 0.15) is 24.2 Å². The highest BCUT2D eigenvalue weighted by atomic mass is 35.5. The number of carbonyl (C=O) groups is 1. The van der Waals surface area contributed by atoms with Crippen molar-refractivity contribution in [3.63, 3.8) is 0 Å². The van der Waals surface area contributed by atoms with Crippen LogP contribution >= 0.6 is 23.5 Å². The van der Waals surface area contributed by atoms with Gasteiger partial charge in [0.05, 0.1) is 26.5 Å². The van der Waals surface area contributed by atoms with Crippen LogP contribution in [-0.2, 0) is 9.84 Å². The Morgan fingerprint density at radius 3 is 2.41 bits per heavy atom. The maximum Gasteiger partial charge on any atom is 0.261 e. The minimum Gasteiger partial charge on any atom is -0.338 e. The summed E-state index contributed by atoms with van der Waals surface area (Å²) in [5.74, 6) is -1.38. The molecule has 0 spiro atoms. The van der Waals surface area contributed by atoms with Crippen LogP contribution in [0.4, 0.5) is 33.2 Å². The monoisotopic (exact) mass is 586 g/mol. The van der Waals surface area contributed by atoms with E-state index in [9.17, 15) is 17.6 Å². The number of amides is 1. The van der Waals surface area contributed by atoms with E-state index in [4.69, 9.17) is 16.7 Å². The largest absolute Gasteiger partial charge is 0.338 e. The van der Waals surface area contributed by atoms with Crippen molar-refractivity contribution in [3.8, 4) is 0 Å². The number of carbonyl (C=O) groups excluding carboxylic acids is 1. The Balaban J connectivity index is 1.76. The lowest BCUT2D eigenvalue weighted by molar-refractivity contribution is 0.102. The molecule has 13 heteroatoms. The average molecular weight is 587 g/mol. The summed E-state index contributed by atoms with van der Waals surface area (Å²) in [6, 6.07) is 17.4. The van der Waals surface area contributed by atoms with Gasteiger partial charge in [0.2, 0.25) is 5.95 Å². The molecular weight excluding hydrogens is 563 g/mol. The second kappa shape index (κ2) is 12.0. The van der Waals surface area contributed by atoms with Gasteiger partial charge >= 0.3 is 0 Å². The van der Waals surface area contributed by atoms with Crippen molar-refractivity contribution in [1.82, 2.24) is 9.97 Å². The second-order valence-electron chi connectivity index (χ2n) is 8.49. The number of para-hydroxylation sites is 2. The maximum absolute atomic E-state index is 14.4. The number of rotatable bonds is 9. The summed E-state index contributed by atoms with van der Waals surface area (Å²) in [7, 11) is -3.69. The Bertz CT molecular complexity index is 1600. The Morgan fingerprint density at radius 2 is 1.74 bits per heavy atom. The van der Waals surface area contributed by atoms with Gasteiger partial charge in [0.1, 0.15) is 17.2 Å². The molecular formula is C26H24ClFN6O3S2. The van der Waals surface area contributed by atoms with Gasteiger partial charge in [-0.3, -0.25) is 9.93 Å². The number of anilines is 5. The topological polar surface area (TPSA) is 139 Å². The molecule has 1 heterocycles. The molecule has 5 N–H and O–H groups in total. The number of nitrogens with one attached hydrogen (secondary N) is 3. The number of nitrogens with zero attached hydrogens (tertiary/aromatic N) is 2. The number of hydrogen-bond donors (Lipinski definition) is 4. The molecule has 202 valence electrons. The predicted octanol–water partition coefficient (Wildman–Crippen LogP) is 6.16. The lowest BCUT2D eigenvalue weighted by Crippen LogP contribution is -2.18. The lowest BCUT2D eigenvalue weighted by atomic mass is 10.2. The van der Waals surface area contributed by atoms with Gasteiger partial charge in [-0.25, -0.2) is 17.8 Å². The van der Waals surface area contributed by atoms with Crippen LogP contribution < -0.4 is 21.1 Å². The van der Waals surface area contributed by atoms with E-state index in [1.54, 1.807) is 56.3 Å². The van der Waals surface area contributed by atoms with Gasteiger partial charge in [-0.05, 0) is 74.3 Å². The van der Waals surface area contributed by atoms with Gasteiger partial charge in [0.25, 0.3) is 5.91 Å². The van der Waals surface area contributed by atoms with Gasteiger partial charge in [0, 0.05) is 16.8 Å². The first kappa shape index (κ1) is 28.3. The van der Waals surface area contributed by atoms with Gasteiger partial charge in [0.15, 0.2) is 9.84 Å². The van der Waals surface area contributed by atoms with Gasteiger partial charge in [-0.15, -0.1) is 0 Å². The number of benzene rings is 3.